The number of aromatic amines is 2. The molecule has 0 aliphatic carbocycles. The lowest BCUT2D eigenvalue weighted by Gasteiger charge is -2.37. The summed E-state index contributed by atoms with van der Waals surface area (Å²) >= 11 is 0. The lowest BCUT2D eigenvalue weighted by atomic mass is 9.99. The fourth-order valence-corrected chi connectivity index (χ4v) is 10.7. The van der Waals surface area contributed by atoms with Crippen molar-refractivity contribution in [3.05, 3.63) is 158 Å². The van der Waals surface area contributed by atoms with Crippen molar-refractivity contribution in [2.75, 3.05) is 6.61 Å². The van der Waals surface area contributed by atoms with E-state index in [1.165, 1.54) is 27.7 Å². The molecule has 0 spiro atoms. The molecule has 5 aliphatic rings. The Hall–Kier alpha value is -8.25. The number of rotatable bonds is 7. The monoisotopic (exact) mass is 1210 g/mol. The molecule has 3 fully saturated rings. The van der Waals surface area contributed by atoms with Gasteiger partial charge in [0.25, 0.3) is 0 Å². The summed E-state index contributed by atoms with van der Waals surface area (Å²) in [5.74, 6) is -53.1. The quantitative estimate of drug-likeness (QED) is 0.0922. The van der Waals surface area contributed by atoms with Gasteiger partial charge < -0.3 is 38.4 Å². The van der Waals surface area contributed by atoms with E-state index in [0.717, 1.165) is 0 Å². The van der Waals surface area contributed by atoms with Crippen molar-refractivity contribution in [3.63, 3.8) is 0 Å². The molecule has 442 valence electrons. The number of hydrogen-bond donors (Lipinski definition) is 2. The molecule has 29 heteroatoms. The minimum absolute atomic E-state index is 0.608. The number of hydrogen-bond acceptors (Lipinski definition) is 8. The zero-order valence-corrected chi connectivity index (χ0v) is 42.7. The molecule has 8 heterocycles. The van der Waals surface area contributed by atoms with Crippen LogP contribution in [0.2, 0.25) is 0 Å². The highest BCUT2D eigenvalue weighted by molar-refractivity contribution is 6.01. The Morgan fingerprint density at radius 2 is 0.647 bits per heavy atom. The maximum Gasteiger partial charge on any atom is 0.204 e. The van der Waals surface area contributed by atoms with Crippen LogP contribution in [-0.4, -0.2) is 68.8 Å². The molecule has 4 aromatic carbocycles. The molecule has 3 saturated heterocycles. The standard InChI is InChI=1S/C56H29F19N4O6/c1-55(2)82-50-22(81-54-53(52(50)83-55)84-56(3,4)85-54)13-80-51-48(74)37(63)30(38(64)49(51)75)26-20-11-9-18(78-20)24(28-33(59)41(67)46(72)42(68)34(28)60)16-7-5-14(76-16)23(27-31(57)39(65)45(71)40(66)32(27)58)15-6-8-17(77-15)25(19-10-12-21(26)79-19)29-35(61)43(69)47(73)44(70)36(29)62/h5-12,22,50,52-54,78-79H,13H2,1-4H3/t22-,50+,52+,53-,54-/m1/s1. The smallest absolute Gasteiger partial charge is 0.204 e. The molecule has 2 N–H and O–H groups in total. The number of benzene rings is 4. The minimum atomic E-state index is -2.72. The second-order valence-corrected chi connectivity index (χ2v) is 20.3. The highest BCUT2D eigenvalue weighted by Crippen LogP contribution is 2.48. The van der Waals surface area contributed by atoms with Crippen molar-refractivity contribution < 1.29 is 112 Å². The predicted molar refractivity (Wildman–Crippen MR) is 258 cm³/mol. The van der Waals surface area contributed by atoms with Crippen molar-refractivity contribution in [2.24, 2.45) is 0 Å². The molecule has 7 aromatic rings. The largest absolute Gasteiger partial charge is 0.485 e. The summed E-state index contributed by atoms with van der Waals surface area (Å²) in [6.07, 6.45) is -3.16. The van der Waals surface area contributed by atoms with Gasteiger partial charge in [-0.15, -0.1) is 0 Å². The van der Waals surface area contributed by atoms with Gasteiger partial charge in [0.2, 0.25) is 29.1 Å². The molecular weight excluding hydrogens is 1190 g/mol. The lowest BCUT2D eigenvalue weighted by Crippen LogP contribution is -2.56. The maximum absolute atomic E-state index is 17.2. The first kappa shape index (κ1) is 57.2. The third-order valence-electron chi connectivity index (χ3n) is 14.2. The Balaban J connectivity index is 1.17. The van der Waals surface area contributed by atoms with Gasteiger partial charge in [0.15, 0.2) is 105 Å². The average molecular weight is 1210 g/mol. The van der Waals surface area contributed by atoms with Gasteiger partial charge in [-0.2, -0.15) is 8.78 Å². The zero-order valence-electron chi connectivity index (χ0n) is 42.7. The van der Waals surface area contributed by atoms with Gasteiger partial charge in [-0.25, -0.2) is 84.6 Å². The Kier molecular flexibility index (Phi) is 13.4. The van der Waals surface area contributed by atoms with E-state index in [1.807, 2.05) is 0 Å². The molecule has 0 radical (unpaired) electrons. The fourth-order valence-electron chi connectivity index (χ4n) is 10.7. The van der Waals surface area contributed by atoms with Gasteiger partial charge >= 0.3 is 0 Å². The van der Waals surface area contributed by atoms with E-state index in [2.05, 4.69) is 19.9 Å². The summed E-state index contributed by atoms with van der Waals surface area (Å²) in [4.78, 5) is 12.7. The zero-order chi connectivity index (χ0) is 61.1. The molecule has 3 aromatic heterocycles. The highest BCUT2D eigenvalue weighted by atomic mass is 19.2. The van der Waals surface area contributed by atoms with E-state index in [9.17, 15) is 13.2 Å². The van der Waals surface area contributed by atoms with E-state index < -0.39 is 255 Å². The number of nitrogens with one attached hydrogen (secondary N) is 2. The normalized spacial score (nSPS) is 20.2. The van der Waals surface area contributed by atoms with E-state index in [1.54, 1.807) is 0 Å². The Morgan fingerprint density at radius 1 is 0.353 bits per heavy atom. The summed E-state index contributed by atoms with van der Waals surface area (Å²) in [6.45, 7) is 5.15. The van der Waals surface area contributed by atoms with E-state index in [0.29, 0.717) is 48.6 Å². The van der Waals surface area contributed by atoms with Crippen LogP contribution in [0.4, 0.5) is 83.4 Å². The number of halogens is 19. The molecule has 12 rings (SSSR count). The van der Waals surface area contributed by atoms with Crippen LogP contribution in [0.1, 0.15) is 50.5 Å². The van der Waals surface area contributed by atoms with Crippen LogP contribution in [0.3, 0.4) is 0 Å². The molecule has 5 aliphatic heterocycles. The van der Waals surface area contributed by atoms with Crippen LogP contribution in [0.25, 0.3) is 90.9 Å². The van der Waals surface area contributed by atoms with Gasteiger partial charge in [-0.1, -0.05) is 0 Å². The van der Waals surface area contributed by atoms with Gasteiger partial charge in [0.05, 0.1) is 45.0 Å². The van der Waals surface area contributed by atoms with Crippen LogP contribution < -0.4 is 4.74 Å². The maximum atomic E-state index is 17.2. The van der Waals surface area contributed by atoms with Crippen LogP contribution in [0.15, 0.2) is 24.3 Å². The summed E-state index contributed by atoms with van der Waals surface area (Å²) in [5.41, 5.74) is -20.1. The van der Waals surface area contributed by atoms with E-state index >= 15 is 70.2 Å². The molecular formula is C56H29F19N4O6. The van der Waals surface area contributed by atoms with Crippen molar-refractivity contribution >= 4 is 46.4 Å². The van der Waals surface area contributed by atoms with Crippen molar-refractivity contribution in [1.82, 2.24) is 19.9 Å². The highest BCUT2D eigenvalue weighted by Gasteiger charge is 2.61. The number of aromatic nitrogens is 4. The number of nitrogens with zero attached hydrogens (tertiary/aromatic N) is 2. The molecule has 5 atom stereocenters. The van der Waals surface area contributed by atoms with Crippen LogP contribution in [0.5, 0.6) is 5.75 Å². The van der Waals surface area contributed by atoms with Crippen molar-refractivity contribution in [1.29, 1.82) is 0 Å². The SMILES string of the molecule is CC1(C)O[C@H]2[C@@H](O1)[C@@H](COc1c(F)c(F)c(-c3c4ccc([nH]4)c(-c4c(F)c(F)c(F)c(F)c4F)c4nc(c(-c5c(F)c(F)c(F)c(F)c5F)c5nc(c(-c6c(F)c(F)c(F)c(F)c6F)c6ccc3[nH]6)C=C5)C=C4)c(F)c1F)O[C@@H]1OC(C)(C)O[C@@H]12. The topological polar surface area (TPSA) is 113 Å². The third kappa shape index (κ3) is 8.77. The summed E-state index contributed by atoms with van der Waals surface area (Å²) < 4.78 is 334. The van der Waals surface area contributed by atoms with E-state index in [-0.39, 0.29) is 0 Å². The van der Waals surface area contributed by atoms with Crippen LogP contribution >= 0.6 is 0 Å². The molecule has 0 unspecified atom stereocenters. The molecule has 85 heavy (non-hydrogen) atoms. The first-order valence-corrected chi connectivity index (χ1v) is 24.6. The van der Waals surface area contributed by atoms with Gasteiger partial charge in [-0.3, -0.25) is 0 Å². The summed E-state index contributed by atoms with van der Waals surface area (Å²) in [5, 5.41) is 0. The Labute approximate surface area is 461 Å². The van der Waals surface area contributed by atoms with Crippen LogP contribution in [-0.2, 0) is 23.7 Å². The number of fused-ring (bicyclic) bond motifs is 11. The molecule has 0 saturated carbocycles. The third-order valence-corrected chi connectivity index (χ3v) is 14.2. The van der Waals surface area contributed by atoms with Gasteiger partial charge in [-0.05, 0) is 76.3 Å². The van der Waals surface area contributed by atoms with Crippen LogP contribution in [0, 0.1) is 111 Å². The minimum Gasteiger partial charge on any atom is -0.485 e. The Bertz CT molecular complexity index is 4090. The fraction of sp³-hybridized carbons (Fsp3) is 0.214. The predicted octanol–water partition coefficient (Wildman–Crippen LogP) is 14.7. The molecule has 8 bridgehead atoms. The number of ether oxygens (including phenoxy) is 6. The average Bonchev–Trinajstić information content (AvgIpc) is 1.91. The lowest BCUT2D eigenvalue weighted by molar-refractivity contribution is -0.238. The first-order valence-electron chi connectivity index (χ1n) is 24.6. The molecule has 10 nitrogen and oxygen atoms in total. The van der Waals surface area contributed by atoms with E-state index in [4.69, 9.17) is 28.4 Å². The van der Waals surface area contributed by atoms with Gasteiger partial charge in [0.1, 0.15) is 31.0 Å². The summed E-state index contributed by atoms with van der Waals surface area (Å²) in [7, 11) is 0. The second kappa shape index (κ2) is 19.9. The second-order valence-electron chi connectivity index (χ2n) is 20.3. The molecule has 0 amide bonds. The van der Waals surface area contributed by atoms with Crippen molar-refractivity contribution in [2.45, 2.75) is 70.0 Å². The first-order chi connectivity index (χ1) is 40.0. The number of H-pyrrole nitrogens is 2. The Morgan fingerprint density at radius 3 is 1.05 bits per heavy atom. The van der Waals surface area contributed by atoms with Crippen molar-refractivity contribution in [3.8, 4) is 50.3 Å². The summed E-state index contributed by atoms with van der Waals surface area (Å²) in [6, 6.07) is 2.77. The van der Waals surface area contributed by atoms with Gasteiger partial charge in [0, 0.05) is 44.3 Å².